The van der Waals surface area contributed by atoms with Crippen molar-refractivity contribution in [1.82, 2.24) is 0 Å². The Morgan fingerprint density at radius 3 is 2.47 bits per heavy atom. The number of hydrogen-bond acceptors (Lipinski definition) is 4. The van der Waals surface area contributed by atoms with Crippen LogP contribution in [0.1, 0.15) is 25.7 Å². The standard InChI is InChI=1S/C9H21N5O/c10-5-4-7(11)8(15)3-1-2-6-14-9(12)13/h7H,1-6,10-11H2,(H4,12,13,14). The van der Waals surface area contributed by atoms with E-state index in [1.807, 2.05) is 0 Å². The Labute approximate surface area is 90.1 Å². The first kappa shape index (κ1) is 13.9. The highest BCUT2D eigenvalue weighted by atomic mass is 16.1. The van der Waals surface area contributed by atoms with Crippen molar-refractivity contribution in [1.29, 1.82) is 0 Å². The lowest BCUT2D eigenvalue weighted by molar-refractivity contribution is -0.120. The van der Waals surface area contributed by atoms with E-state index in [4.69, 9.17) is 22.9 Å². The van der Waals surface area contributed by atoms with Gasteiger partial charge < -0.3 is 22.9 Å². The van der Waals surface area contributed by atoms with E-state index in [1.165, 1.54) is 0 Å². The summed E-state index contributed by atoms with van der Waals surface area (Å²) in [4.78, 5) is 15.2. The number of nitrogens with zero attached hydrogens (tertiary/aromatic N) is 1. The molecule has 0 aromatic rings. The fourth-order valence-corrected chi connectivity index (χ4v) is 1.15. The minimum absolute atomic E-state index is 0.0603. The predicted molar refractivity (Wildman–Crippen MR) is 61.2 cm³/mol. The fourth-order valence-electron chi connectivity index (χ4n) is 1.15. The highest BCUT2D eigenvalue weighted by molar-refractivity contribution is 5.83. The first-order valence-electron chi connectivity index (χ1n) is 5.11. The third kappa shape index (κ3) is 7.90. The molecular weight excluding hydrogens is 194 g/mol. The van der Waals surface area contributed by atoms with Crippen LogP contribution in [0.4, 0.5) is 0 Å². The smallest absolute Gasteiger partial charge is 0.185 e. The molecule has 0 rings (SSSR count). The zero-order chi connectivity index (χ0) is 11.7. The summed E-state index contributed by atoms with van der Waals surface area (Å²) in [5.41, 5.74) is 21.2. The van der Waals surface area contributed by atoms with Crippen molar-refractivity contribution in [2.24, 2.45) is 27.9 Å². The molecule has 6 nitrogen and oxygen atoms in total. The van der Waals surface area contributed by atoms with Gasteiger partial charge in [-0.15, -0.1) is 0 Å². The predicted octanol–water partition coefficient (Wildman–Crippen LogP) is -1.32. The maximum atomic E-state index is 11.4. The van der Waals surface area contributed by atoms with Gasteiger partial charge in [0.2, 0.25) is 0 Å². The Morgan fingerprint density at radius 1 is 1.27 bits per heavy atom. The lowest BCUT2D eigenvalue weighted by Crippen LogP contribution is -2.32. The molecule has 0 aromatic carbocycles. The van der Waals surface area contributed by atoms with Gasteiger partial charge in [0, 0.05) is 13.0 Å². The maximum Gasteiger partial charge on any atom is 0.185 e. The highest BCUT2D eigenvalue weighted by Gasteiger charge is 2.11. The van der Waals surface area contributed by atoms with Crippen molar-refractivity contribution >= 4 is 11.7 Å². The van der Waals surface area contributed by atoms with Gasteiger partial charge in [0.1, 0.15) is 5.78 Å². The van der Waals surface area contributed by atoms with Gasteiger partial charge in [-0.25, -0.2) is 0 Å². The number of carbonyl (C=O) groups excluding carboxylic acids is 1. The summed E-state index contributed by atoms with van der Waals surface area (Å²) in [6, 6.07) is -0.418. The normalized spacial score (nSPS) is 12.1. The molecular formula is C9H21N5O. The van der Waals surface area contributed by atoms with Crippen LogP contribution in [0, 0.1) is 0 Å². The summed E-state index contributed by atoms with van der Waals surface area (Å²) < 4.78 is 0. The van der Waals surface area contributed by atoms with Crippen LogP contribution in [0.15, 0.2) is 4.99 Å². The Kier molecular flexibility index (Phi) is 7.57. The van der Waals surface area contributed by atoms with Crippen LogP contribution in [0.3, 0.4) is 0 Å². The number of nitrogens with two attached hydrogens (primary N) is 4. The monoisotopic (exact) mass is 215 g/mol. The molecule has 0 fully saturated rings. The second kappa shape index (κ2) is 8.19. The average molecular weight is 215 g/mol. The van der Waals surface area contributed by atoms with Crippen molar-refractivity contribution in [3.8, 4) is 0 Å². The quantitative estimate of drug-likeness (QED) is 0.226. The minimum Gasteiger partial charge on any atom is -0.370 e. The van der Waals surface area contributed by atoms with E-state index < -0.39 is 6.04 Å². The molecule has 88 valence electrons. The molecule has 6 heteroatoms. The number of ketones is 1. The molecule has 0 spiro atoms. The SMILES string of the molecule is NCCC(N)C(=O)CCCCN=C(N)N. The van der Waals surface area contributed by atoms with E-state index in [1.54, 1.807) is 0 Å². The van der Waals surface area contributed by atoms with Gasteiger partial charge in [-0.05, 0) is 25.8 Å². The van der Waals surface area contributed by atoms with Gasteiger partial charge >= 0.3 is 0 Å². The second-order valence-electron chi connectivity index (χ2n) is 3.41. The molecule has 0 aromatic heterocycles. The summed E-state index contributed by atoms with van der Waals surface area (Å²) in [5, 5.41) is 0. The van der Waals surface area contributed by atoms with Crippen LogP contribution in [0.5, 0.6) is 0 Å². The Bertz CT molecular complexity index is 213. The summed E-state index contributed by atoms with van der Waals surface area (Å²) in [6.07, 6.45) is 2.57. The maximum absolute atomic E-state index is 11.4. The van der Waals surface area contributed by atoms with Crippen LogP contribution >= 0.6 is 0 Å². The minimum atomic E-state index is -0.418. The number of carbonyl (C=O) groups is 1. The van der Waals surface area contributed by atoms with Crippen LogP contribution in [-0.4, -0.2) is 30.9 Å². The average Bonchev–Trinajstić information content (AvgIpc) is 2.16. The third-order valence-electron chi connectivity index (χ3n) is 2.02. The number of guanidine groups is 1. The molecule has 1 unspecified atom stereocenters. The van der Waals surface area contributed by atoms with E-state index in [2.05, 4.69) is 4.99 Å². The first-order valence-corrected chi connectivity index (χ1v) is 5.11. The Balaban J connectivity index is 3.51. The number of Topliss-reactive ketones (excluding diaryl/α,β-unsaturated/α-hetero) is 1. The molecule has 15 heavy (non-hydrogen) atoms. The van der Waals surface area contributed by atoms with Crippen LogP contribution in [0.25, 0.3) is 0 Å². The molecule has 0 bridgehead atoms. The van der Waals surface area contributed by atoms with Gasteiger partial charge in [-0.1, -0.05) is 0 Å². The molecule has 0 saturated carbocycles. The summed E-state index contributed by atoms with van der Waals surface area (Å²) in [7, 11) is 0. The zero-order valence-corrected chi connectivity index (χ0v) is 8.98. The molecule has 0 aliphatic heterocycles. The molecule has 0 radical (unpaired) electrons. The van der Waals surface area contributed by atoms with Crippen LogP contribution in [0.2, 0.25) is 0 Å². The Morgan fingerprint density at radius 2 is 1.93 bits per heavy atom. The molecule has 0 amide bonds. The van der Waals surface area contributed by atoms with E-state index in [0.29, 0.717) is 25.9 Å². The van der Waals surface area contributed by atoms with E-state index in [9.17, 15) is 4.79 Å². The summed E-state index contributed by atoms with van der Waals surface area (Å²) >= 11 is 0. The second-order valence-corrected chi connectivity index (χ2v) is 3.41. The van der Waals surface area contributed by atoms with Crippen molar-refractivity contribution in [2.45, 2.75) is 31.7 Å². The molecule has 0 aliphatic rings. The fraction of sp³-hybridized carbons (Fsp3) is 0.778. The largest absolute Gasteiger partial charge is 0.370 e. The van der Waals surface area contributed by atoms with Gasteiger partial charge in [-0.3, -0.25) is 9.79 Å². The lowest BCUT2D eigenvalue weighted by atomic mass is 10.0. The summed E-state index contributed by atoms with van der Waals surface area (Å²) in [5.74, 6) is 0.145. The Hall–Kier alpha value is -1.14. The lowest BCUT2D eigenvalue weighted by Gasteiger charge is -2.07. The number of unbranched alkanes of at least 4 members (excludes halogenated alkanes) is 1. The van der Waals surface area contributed by atoms with Crippen molar-refractivity contribution in [3.05, 3.63) is 0 Å². The molecule has 0 heterocycles. The van der Waals surface area contributed by atoms with Gasteiger partial charge in [0.25, 0.3) is 0 Å². The molecule has 8 N–H and O–H groups in total. The zero-order valence-electron chi connectivity index (χ0n) is 8.98. The summed E-state index contributed by atoms with van der Waals surface area (Å²) in [6.45, 7) is 1.00. The topological polar surface area (TPSA) is 134 Å². The van der Waals surface area contributed by atoms with Crippen molar-refractivity contribution < 1.29 is 4.79 Å². The molecule has 1 atom stereocenters. The van der Waals surface area contributed by atoms with E-state index in [0.717, 1.165) is 12.8 Å². The number of aliphatic imine (C=N–C) groups is 1. The van der Waals surface area contributed by atoms with Gasteiger partial charge in [0.15, 0.2) is 5.96 Å². The van der Waals surface area contributed by atoms with Crippen LogP contribution in [-0.2, 0) is 4.79 Å². The third-order valence-corrected chi connectivity index (χ3v) is 2.02. The van der Waals surface area contributed by atoms with E-state index in [-0.39, 0.29) is 11.7 Å². The highest BCUT2D eigenvalue weighted by Crippen LogP contribution is 2.00. The number of rotatable bonds is 8. The first-order chi connectivity index (χ1) is 7.07. The van der Waals surface area contributed by atoms with Gasteiger partial charge in [-0.2, -0.15) is 0 Å². The van der Waals surface area contributed by atoms with Crippen LogP contribution < -0.4 is 22.9 Å². The number of hydrogen-bond donors (Lipinski definition) is 4. The van der Waals surface area contributed by atoms with Crippen molar-refractivity contribution in [2.75, 3.05) is 13.1 Å². The van der Waals surface area contributed by atoms with E-state index >= 15 is 0 Å². The van der Waals surface area contributed by atoms with Gasteiger partial charge in [0.05, 0.1) is 6.04 Å². The molecule has 0 aliphatic carbocycles. The molecule has 0 saturated heterocycles. The van der Waals surface area contributed by atoms with Crippen molar-refractivity contribution in [3.63, 3.8) is 0 Å².